The molecule has 2 rings (SSSR count). The first-order valence-electron chi connectivity index (χ1n) is 6.27. The Labute approximate surface area is 117 Å². The van der Waals surface area contributed by atoms with E-state index in [4.69, 9.17) is 0 Å². The second kappa shape index (κ2) is 6.19. The van der Waals surface area contributed by atoms with Crippen LogP contribution in [0.4, 0.5) is 10.1 Å². The van der Waals surface area contributed by atoms with Crippen molar-refractivity contribution >= 4 is 11.7 Å². The number of hydrogen-bond acceptors (Lipinski definition) is 3. The number of carbonyl (C=O) groups is 1. The van der Waals surface area contributed by atoms with Gasteiger partial charge < -0.3 is 10.1 Å². The van der Waals surface area contributed by atoms with E-state index in [1.54, 1.807) is 18.2 Å². The van der Waals surface area contributed by atoms with E-state index < -0.39 is 0 Å². The topological polar surface area (TPSA) is 38.3 Å². The molecule has 0 heterocycles. The molecule has 0 aromatic heterocycles. The number of ether oxygens (including phenoxy) is 1. The smallest absolute Gasteiger partial charge is 0.337 e. The summed E-state index contributed by atoms with van der Waals surface area (Å²) in [6, 6.07) is 11.8. The third kappa shape index (κ3) is 3.35. The molecule has 0 spiro atoms. The fourth-order valence-electron chi connectivity index (χ4n) is 1.90. The van der Waals surface area contributed by atoms with Crippen molar-refractivity contribution in [2.24, 2.45) is 0 Å². The van der Waals surface area contributed by atoms with Crippen molar-refractivity contribution in [3.8, 4) is 0 Å². The summed E-state index contributed by atoms with van der Waals surface area (Å²) in [7, 11) is 1.36. The molecule has 0 aliphatic heterocycles. The molecule has 20 heavy (non-hydrogen) atoms. The zero-order valence-corrected chi connectivity index (χ0v) is 11.4. The van der Waals surface area contributed by atoms with E-state index in [1.165, 1.54) is 19.2 Å². The largest absolute Gasteiger partial charge is 0.465 e. The molecule has 0 atom stereocenters. The molecule has 0 saturated carbocycles. The van der Waals surface area contributed by atoms with Crippen LogP contribution in [0.25, 0.3) is 0 Å². The van der Waals surface area contributed by atoms with Crippen molar-refractivity contribution < 1.29 is 13.9 Å². The van der Waals surface area contributed by atoms with Crippen LogP contribution in [-0.2, 0) is 11.3 Å². The van der Waals surface area contributed by atoms with Crippen molar-refractivity contribution in [1.82, 2.24) is 0 Å². The zero-order chi connectivity index (χ0) is 14.5. The number of hydrogen-bond donors (Lipinski definition) is 1. The summed E-state index contributed by atoms with van der Waals surface area (Å²) in [5.41, 5.74) is 3.30. The molecule has 3 nitrogen and oxygen atoms in total. The van der Waals surface area contributed by atoms with Crippen LogP contribution in [-0.4, -0.2) is 13.1 Å². The summed E-state index contributed by atoms with van der Waals surface area (Å²) in [5, 5.41) is 3.24. The van der Waals surface area contributed by atoms with Gasteiger partial charge in [-0.15, -0.1) is 0 Å². The number of methoxy groups -OCH3 is 1. The Balaban J connectivity index is 2.02. The van der Waals surface area contributed by atoms with Crippen LogP contribution >= 0.6 is 0 Å². The Hall–Kier alpha value is -2.36. The molecule has 2 aromatic carbocycles. The fraction of sp³-hybridized carbons (Fsp3) is 0.188. The van der Waals surface area contributed by atoms with Gasteiger partial charge in [0.2, 0.25) is 0 Å². The van der Waals surface area contributed by atoms with Crippen LogP contribution in [0.1, 0.15) is 21.5 Å². The first kappa shape index (κ1) is 14.1. The molecule has 0 aliphatic rings. The number of halogens is 1. The maximum Gasteiger partial charge on any atom is 0.337 e. The van der Waals surface area contributed by atoms with E-state index in [1.807, 2.05) is 19.1 Å². The molecule has 0 radical (unpaired) electrons. The van der Waals surface area contributed by atoms with Crippen molar-refractivity contribution in [2.75, 3.05) is 12.4 Å². The maximum atomic E-state index is 13.0. The highest BCUT2D eigenvalue weighted by Crippen LogP contribution is 2.17. The molecular formula is C16H16FNO2. The highest BCUT2D eigenvalue weighted by Gasteiger charge is 2.04. The lowest BCUT2D eigenvalue weighted by Crippen LogP contribution is -2.03. The molecule has 4 heteroatoms. The number of carbonyl (C=O) groups excluding carboxylic acids is 1. The minimum atomic E-state index is -0.348. The summed E-state index contributed by atoms with van der Waals surface area (Å²) in [5.74, 6) is -0.589. The Morgan fingerprint density at radius 1 is 1.20 bits per heavy atom. The third-order valence-corrected chi connectivity index (χ3v) is 3.05. The van der Waals surface area contributed by atoms with Gasteiger partial charge in [-0.05, 0) is 48.4 Å². The predicted molar refractivity (Wildman–Crippen MR) is 76.2 cm³/mol. The molecule has 1 N–H and O–H groups in total. The highest BCUT2D eigenvalue weighted by molar-refractivity contribution is 5.89. The molecule has 104 valence electrons. The van der Waals surface area contributed by atoms with E-state index in [0.29, 0.717) is 12.1 Å². The number of aryl methyl sites for hydroxylation is 1. The standard InChI is InChI=1S/C16H16FNO2/c1-11-9-14(17)7-8-15(11)18-10-12-3-5-13(6-4-12)16(19)20-2/h3-9,18H,10H2,1-2H3. The van der Waals surface area contributed by atoms with Gasteiger partial charge in [-0.1, -0.05) is 12.1 Å². The highest BCUT2D eigenvalue weighted by atomic mass is 19.1. The first-order valence-corrected chi connectivity index (χ1v) is 6.27. The lowest BCUT2D eigenvalue weighted by Gasteiger charge is -2.10. The van der Waals surface area contributed by atoms with E-state index in [2.05, 4.69) is 10.1 Å². The van der Waals surface area contributed by atoms with Gasteiger partial charge >= 0.3 is 5.97 Å². The van der Waals surface area contributed by atoms with Gasteiger partial charge in [-0.3, -0.25) is 0 Å². The molecule has 0 fully saturated rings. The Kier molecular flexibility index (Phi) is 4.35. The molecule has 0 bridgehead atoms. The van der Waals surface area contributed by atoms with Crippen molar-refractivity contribution in [1.29, 1.82) is 0 Å². The van der Waals surface area contributed by atoms with Crippen LogP contribution in [0.3, 0.4) is 0 Å². The van der Waals surface area contributed by atoms with Crippen molar-refractivity contribution in [3.63, 3.8) is 0 Å². The van der Waals surface area contributed by atoms with Crippen LogP contribution in [0.2, 0.25) is 0 Å². The summed E-state index contributed by atoms with van der Waals surface area (Å²) >= 11 is 0. The van der Waals surface area contributed by atoms with Gasteiger partial charge in [0.05, 0.1) is 12.7 Å². The lowest BCUT2D eigenvalue weighted by atomic mass is 10.1. The van der Waals surface area contributed by atoms with Crippen LogP contribution in [0, 0.1) is 12.7 Å². The fourth-order valence-corrected chi connectivity index (χ4v) is 1.90. The van der Waals surface area contributed by atoms with Crippen molar-refractivity contribution in [3.05, 3.63) is 65.0 Å². The summed E-state index contributed by atoms with van der Waals surface area (Å²) in [6.45, 7) is 2.46. The second-order valence-electron chi connectivity index (χ2n) is 4.50. The van der Waals surface area contributed by atoms with Crippen LogP contribution < -0.4 is 5.32 Å². The Morgan fingerprint density at radius 3 is 2.50 bits per heavy atom. The van der Waals surface area contributed by atoms with Gasteiger partial charge in [-0.25, -0.2) is 9.18 Å². The number of rotatable bonds is 4. The zero-order valence-electron chi connectivity index (χ0n) is 11.4. The van der Waals surface area contributed by atoms with Crippen LogP contribution in [0.15, 0.2) is 42.5 Å². The Bertz CT molecular complexity index is 608. The first-order chi connectivity index (χ1) is 9.60. The minimum Gasteiger partial charge on any atom is -0.465 e. The SMILES string of the molecule is COC(=O)c1ccc(CNc2ccc(F)cc2C)cc1. The van der Waals surface area contributed by atoms with Gasteiger partial charge in [0, 0.05) is 12.2 Å². The monoisotopic (exact) mass is 273 g/mol. The molecule has 0 unspecified atom stereocenters. The number of esters is 1. The second-order valence-corrected chi connectivity index (χ2v) is 4.50. The summed E-state index contributed by atoms with van der Waals surface area (Å²) < 4.78 is 17.6. The average Bonchev–Trinajstić information content (AvgIpc) is 2.46. The van der Waals surface area contributed by atoms with Crippen LogP contribution in [0.5, 0.6) is 0 Å². The summed E-state index contributed by atoms with van der Waals surface area (Å²) in [6.07, 6.45) is 0. The minimum absolute atomic E-state index is 0.240. The van der Waals surface area contributed by atoms with Gasteiger partial charge in [0.1, 0.15) is 5.82 Å². The third-order valence-electron chi connectivity index (χ3n) is 3.05. The quantitative estimate of drug-likeness (QED) is 0.866. The van der Waals surface area contributed by atoms with Crippen molar-refractivity contribution in [2.45, 2.75) is 13.5 Å². The van der Waals surface area contributed by atoms with E-state index in [-0.39, 0.29) is 11.8 Å². The Morgan fingerprint density at radius 2 is 1.90 bits per heavy atom. The number of benzene rings is 2. The van der Waals surface area contributed by atoms with Gasteiger partial charge in [-0.2, -0.15) is 0 Å². The molecular weight excluding hydrogens is 257 g/mol. The number of anilines is 1. The maximum absolute atomic E-state index is 13.0. The van der Waals surface area contributed by atoms with E-state index in [9.17, 15) is 9.18 Å². The summed E-state index contributed by atoms with van der Waals surface area (Å²) in [4.78, 5) is 11.3. The molecule has 2 aromatic rings. The average molecular weight is 273 g/mol. The molecule has 0 aliphatic carbocycles. The lowest BCUT2D eigenvalue weighted by molar-refractivity contribution is 0.0600. The molecule has 0 saturated heterocycles. The molecule has 0 amide bonds. The number of nitrogens with one attached hydrogen (secondary N) is 1. The van der Waals surface area contributed by atoms with Gasteiger partial charge in [0.25, 0.3) is 0 Å². The van der Waals surface area contributed by atoms with Gasteiger partial charge in [0.15, 0.2) is 0 Å². The van der Waals surface area contributed by atoms with E-state index in [0.717, 1.165) is 16.8 Å². The predicted octanol–water partition coefficient (Wildman–Crippen LogP) is 3.53. The normalized spacial score (nSPS) is 10.2. The van der Waals surface area contributed by atoms with E-state index >= 15 is 0 Å².